The molecule has 0 radical (unpaired) electrons. The van der Waals surface area contributed by atoms with Crippen LogP contribution in [0.4, 0.5) is 4.79 Å². The van der Waals surface area contributed by atoms with Crippen molar-refractivity contribution in [3.8, 4) is 11.1 Å². The van der Waals surface area contributed by atoms with E-state index in [9.17, 15) is 24.3 Å². The number of amides is 3. The number of hydrogen-bond acceptors (Lipinski definition) is 5. The third-order valence-corrected chi connectivity index (χ3v) is 8.54. The summed E-state index contributed by atoms with van der Waals surface area (Å²) in [4.78, 5) is 56.4. The van der Waals surface area contributed by atoms with Gasteiger partial charge in [0.15, 0.2) is 0 Å². The fraction of sp³-hybridized carbons (Fsp3) is 0.500. The number of aliphatic carboxylic acids is 1. The van der Waals surface area contributed by atoms with Crippen LogP contribution in [0.3, 0.4) is 0 Å². The average Bonchev–Trinajstić information content (AvgIpc) is 3.60. The number of fused-ring (bicyclic) bond motifs is 3. The van der Waals surface area contributed by atoms with Gasteiger partial charge in [-0.05, 0) is 47.4 Å². The monoisotopic (exact) mass is 563 g/mol. The van der Waals surface area contributed by atoms with E-state index >= 15 is 0 Å². The SMILES string of the molecule is CCCN(C)C(=O)[C@H](CC(=O)O)N(C)C(=O)C(C1CCCC1)N(C)C(=O)OCC1c2ccccc2-c2ccccc21. The molecule has 9 nitrogen and oxygen atoms in total. The van der Waals surface area contributed by atoms with Gasteiger partial charge >= 0.3 is 12.1 Å². The summed E-state index contributed by atoms with van der Waals surface area (Å²) in [5, 5.41) is 9.54. The summed E-state index contributed by atoms with van der Waals surface area (Å²) in [6, 6.07) is 14.1. The maximum atomic E-state index is 14.0. The number of rotatable bonds is 11. The van der Waals surface area contributed by atoms with Crippen LogP contribution >= 0.6 is 0 Å². The van der Waals surface area contributed by atoms with Crippen LogP contribution in [-0.2, 0) is 19.1 Å². The molecule has 2 aliphatic rings. The molecular formula is C32H41N3O6. The first-order valence-electron chi connectivity index (χ1n) is 14.5. The lowest BCUT2D eigenvalue weighted by Gasteiger charge is -2.37. The minimum Gasteiger partial charge on any atom is -0.481 e. The Hall–Kier alpha value is -3.88. The van der Waals surface area contributed by atoms with Crippen LogP contribution in [0.15, 0.2) is 48.5 Å². The number of hydrogen-bond donors (Lipinski definition) is 1. The zero-order chi connectivity index (χ0) is 29.7. The molecule has 1 fully saturated rings. The predicted molar refractivity (Wildman–Crippen MR) is 155 cm³/mol. The molecule has 2 atom stereocenters. The van der Waals surface area contributed by atoms with E-state index in [1.807, 2.05) is 43.3 Å². The number of ether oxygens (including phenoxy) is 1. The highest BCUT2D eigenvalue weighted by atomic mass is 16.6. The molecule has 1 N–H and O–H groups in total. The van der Waals surface area contributed by atoms with Gasteiger partial charge in [0.2, 0.25) is 11.8 Å². The fourth-order valence-electron chi connectivity index (χ4n) is 6.38. The number of carboxylic acid groups (broad SMARTS) is 1. The first kappa shape index (κ1) is 30.1. The van der Waals surface area contributed by atoms with Gasteiger partial charge in [-0.15, -0.1) is 0 Å². The van der Waals surface area contributed by atoms with E-state index in [0.717, 1.165) is 47.9 Å². The molecule has 0 bridgehead atoms. The van der Waals surface area contributed by atoms with Crippen molar-refractivity contribution in [2.45, 2.75) is 63.5 Å². The third-order valence-electron chi connectivity index (χ3n) is 8.54. The van der Waals surface area contributed by atoms with Crippen molar-refractivity contribution in [1.29, 1.82) is 0 Å². The zero-order valence-electron chi connectivity index (χ0n) is 24.4. The first-order valence-corrected chi connectivity index (χ1v) is 14.5. The average molecular weight is 564 g/mol. The molecule has 9 heteroatoms. The van der Waals surface area contributed by atoms with Gasteiger partial charge in [-0.3, -0.25) is 19.3 Å². The molecule has 0 aliphatic heterocycles. The second kappa shape index (κ2) is 13.2. The smallest absolute Gasteiger partial charge is 0.410 e. The quantitative estimate of drug-likeness (QED) is 0.428. The van der Waals surface area contributed by atoms with E-state index in [1.165, 1.54) is 21.7 Å². The Morgan fingerprint density at radius 2 is 1.44 bits per heavy atom. The topological polar surface area (TPSA) is 107 Å². The van der Waals surface area contributed by atoms with Gasteiger partial charge in [-0.1, -0.05) is 68.3 Å². The normalized spacial score (nSPS) is 15.9. The summed E-state index contributed by atoms with van der Waals surface area (Å²) >= 11 is 0. The molecule has 1 unspecified atom stereocenters. The Labute approximate surface area is 242 Å². The molecule has 4 rings (SSSR count). The summed E-state index contributed by atoms with van der Waals surface area (Å²) in [5.74, 6) is -2.27. The lowest BCUT2D eigenvalue weighted by atomic mass is 9.95. The van der Waals surface area contributed by atoms with Crippen molar-refractivity contribution in [3.63, 3.8) is 0 Å². The molecule has 0 heterocycles. The van der Waals surface area contributed by atoms with Gasteiger partial charge in [0.25, 0.3) is 0 Å². The number of nitrogens with zero attached hydrogens (tertiary/aromatic N) is 3. The summed E-state index contributed by atoms with van der Waals surface area (Å²) in [6.07, 6.45) is 2.98. The fourth-order valence-corrected chi connectivity index (χ4v) is 6.38. The Balaban J connectivity index is 1.53. The van der Waals surface area contributed by atoms with Gasteiger partial charge in [0.05, 0.1) is 6.42 Å². The second-order valence-corrected chi connectivity index (χ2v) is 11.2. The van der Waals surface area contributed by atoms with Crippen LogP contribution in [0.25, 0.3) is 11.1 Å². The van der Waals surface area contributed by atoms with Crippen LogP contribution in [-0.4, -0.2) is 90.1 Å². The van der Waals surface area contributed by atoms with Gasteiger partial charge in [0.1, 0.15) is 18.7 Å². The summed E-state index contributed by atoms with van der Waals surface area (Å²) in [6.45, 7) is 2.49. The molecule has 220 valence electrons. The minimum atomic E-state index is -1.17. The van der Waals surface area contributed by atoms with Crippen LogP contribution in [0, 0.1) is 5.92 Å². The van der Waals surface area contributed by atoms with Crippen molar-refractivity contribution in [2.24, 2.45) is 5.92 Å². The summed E-state index contributed by atoms with van der Waals surface area (Å²) in [5.41, 5.74) is 4.44. The van der Waals surface area contributed by atoms with Gasteiger partial charge in [-0.25, -0.2) is 4.79 Å². The van der Waals surface area contributed by atoms with Crippen molar-refractivity contribution in [3.05, 3.63) is 59.7 Å². The Bertz CT molecular complexity index is 1230. The van der Waals surface area contributed by atoms with E-state index in [0.29, 0.717) is 13.0 Å². The van der Waals surface area contributed by atoms with Gasteiger partial charge < -0.3 is 19.6 Å². The number of carbonyl (C=O) groups excluding carboxylic acids is 3. The van der Waals surface area contributed by atoms with Crippen molar-refractivity contribution in [1.82, 2.24) is 14.7 Å². The number of likely N-dealkylation sites (N-methyl/N-ethyl adjacent to an activating group) is 3. The van der Waals surface area contributed by atoms with Crippen molar-refractivity contribution < 1.29 is 29.0 Å². The zero-order valence-corrected chi connectivity index (χ0v) is 24.4. The van der Waals surface area contributed by atoms with Crippen molar-refractivity contribution >= 4 is 23.9 Å². The van der Waals surface area contributed by atoms with E-state index in [4.69, 9.17) is 4.74 Å². The standard InChI is InChI=1S/C32H41N3O6/c1-5-18-33(2)30(38)27(19-28(36)37)34(3)31(39)29(21-12-6-7-13-21)35(4)32(40)41-20-26-24-16-10-8-14-22(24)23-15-9-11-17-25(23)26/h8-11,14-17,21,26-27,29H,5-7,12-13,18-20H2,1-4H3,(H,36,37)/t27-,29?/m0/s1. The van der Waals surface area contributed by atoms with Crippen molar-refractivity contribution in [2.75, 3.05) is 34.3 Å². The molecule has 2 aromatic carbocycles. The van der Waals surface area contributed by atoms with Gasteiger partial charge in [-0.2, -0.15) is 0 Å². The largest absolute Gasteiger partial charge is 0.481 e. The number of benzene rings is 2. The predicted octanol–water partition coefficient (Wildman–Crippen LogP) is 4.60. The molecule has 0 aromatic heterocycles. The lowest BCUT2D eigenvalue weighted by molar-refractivity contribution is -0.151. The molecule has 0 spiro atoms. The maximum absolute atomic E-state index is 14.0. The number of carbonyl (C=O) groups is 4. The summed E-state index contributed by atoms with van der Waals surface area (Å²) < 4.78 is 5.86. The highest BCUT2D eigenvalue weighted by Gasteiger charge is 2.42. The van der Waals surface area contributed by atoms with E-state index < -0.39 is 42.4 Å². The molecule has 3 amide bonds. The van der Waals surface area contributed by atoms with E-state index in [1.54, 1.807) is 14.1 Å². The Kier molecular flexibility index (Phi) is 9.68. The van der Waals surface area contributed by atoms with Crippen LogP contribution in [0.5, 0.6) is 0 Å². The van der Waals surface area contributed by atoms with E-state index in [-0.39, 0.29) is 18.4 Å². The second-order valence-electron chi connectivity index (χ2n) is 11.2. The van der Waals surface area contributed by atoms with Crippen LogP contribution in [0.2, 0.25) is 0 Å². The first-order chi connectivity index (χ1) is 19.6. The highest BCUT2D eigenvalue weighted by molar-refractivity contribution is 5.93. The summed E-state index contributed by atoms with van der Waals surface area (Å²) in [7, 11) is 4.63. The van der Waals surface area contributed by atoms with Gasteiger partial charge in [0, 0.05) is 33.6 Å². The number of carboxylic acids is 1. The molecule has 2 aliphatic carbocycles. The Morgan fingerprint density at radius 1 is 0.878 bits per heavy atom. The molecule has 1 saturated carbocycles. The molecular weight excluding hydrogens is 522 g/mol. The molecule has 0 saturated heterocycles. The highest BCUT2D eigenvalue weighted by Crippen LogP contribution is 2.44. The lowest BCUT2D eigenvalue weighted by Crippen LogP contribution is -2.57. The molecule has 41 heavy (non-hydrogen) atoms. The Morgan fingerprint density at radius 3 is 1.98 bits per heavy atom. The third kappa shape index (κ3) is 6.39. The van der Waals surface area contributed by atoms with Crippen LogP contribution < -0.4 is 0 Å². The molecule has 2 aromatic rings. The maximum Gasteiger partial charge on any atom is 0.410 e. The van der Waals surface area contributed by atoms with Crippen LogP contribution in [0.1, 0.15) is 62.5 Å². The minimum absolute atomic E-state index is 0.107. The van der Waals surface area contributed by atoms with E-state index in [2.05, 4.69) is 12.1 Å².